The lowest BCUT2D eigenvalue weighted by atomic mass is 9.94. The monoisotopic (exact) mass is 256 g/mol. The van der Waals surface area contributed by atoms with Crippen molar-refractivity contribution >= 4 is 11.9 Å². The predicted molar refractivity (Wildman–Crippen MR) is 69.0 cm³/mol. The molecule has 0 heterocycles. The second-order valence-electron chi connectivity index (χ2n) is 5.04. The van der Waals surface area contributed by atoms with Crippen molar-refractivity contribution in [3.63, 3.8) is 0 Å². The summed E-state index contributed by atoms with van der Waals surface area (Å²) in [5.74, 6) is -1.56. The molecule has 18 heavy (non-hydrogen) atoms. The van der Waals surface area contributed by atoms with E-state index in [1.165, 1.54) is 0 Å². The minimum atomic E-state index is -0.803. The Morgan fingerprint density at radius 1 is 1.33 bits per heavy atom. The Labute approximate surface area is 108 Å². The molecular formula is C13H24N2O3. The number of carboxylic acid groups (broad SMARTS) is 1. The first-order valence-corrected chi connectivity index (χ1v) is 6.83. The normalized spacial score (nSPS) is 26.1. The zero-order valence-electron chi connectivity index (χ0n) is 11.0. The molecule has 0 spiro atoms. The fraction of sp³-hybridized carbons (Fsp3) is 0.846. The van der Waals surface area contributed by atoms with E-state index in [9.17, 15) is 14.7 Å². The zero-order chi connectivity index (χ0) is 13.5. The average Bonchev–Trinajstić information content (AvgIpc) is 2.56. The molecule has 3 atom stereocenters. The first-order valence-electron chi connectivity index (χ1n) is 6.83. The molecule has 0 aromatic rings. The van der Waals surface area contributed by atoms with Crippen LogP contribution in [0.3, 0.4) is 0 Å². The molecule has 0 saturated heterocycles. The van der Waals surface area contributed by atoms with E-state index < -0.39 is 11.9 Å². The number of carbonyl (C=O) groups excluding carboxylic acids is 1. The molecule has 1 fully saturated rings. The van der Waals surface area contributed by atoms with Crippen molar-refractivity contribution < 1.29 is 14.7 Å². The lowest BCUT2D eigenvalue weighted by Crippen LogP contribution is -2.46. The van der Waals surface area contributed by atoms with Crippen molar-refractivity contribution in [2.75, 3.05) is 6.54 Å². The summed E-state index contributed by atoms with van der Waals surface area (Å²) in [7, 11) is 0. The molecule has 1 aliphatic carbocycles. The zero-order valence-corrected chi connectivity index (χ0v) is 11.0. The van der Waals surface area contributed by atoms with Crippen molar-refractivity contribution in [3.8, 4) is 0 Å². The first-order chi connectivity index (χ1) is 8.60. The molecule has 0 aliphatic heterocycles. The van der Waals surface area contributed by atoms with Gasteiger partial charge in [-0.15, -0.1) is 0 Å². The number of hydrogen-bond acceptors (Lipinski definition) is 3. The topological polar surface area (TPSA) is 92.4 Å². The number of rotatable bonds is 5. The molecule has 104 valence electrons. The Hall–Kier alpha value is -1.10. The third-order valence-electron chi connectivity index (χ3n) is 3.81. The van der Waals surface area contributed by atoms with Gasteiger partial charge in [0.05, 0.1) is 5.92 Å². The lowest BCUT2D eigenvalue weighted by Gasteiger charge is -2.25. The van der Waals surface area contributed by atoms with Gasteiger partial charge in [-0.1, -0.05) is 26.2 Å². The van der Waals surface area contributed by atoms with Crippen LogP contribution in [-0.4, -0.2) is 29.6 Å². The molecule has 1 saturated carbocycles. The Morgan fingerprint density at radius 2 is 2.00 bits per heavy atom. The highest BCUT2D eigenvalue weighted by molar-refractivity contribution is 5.80. The van der Waals surface area contributed by atoms with E-state index >= 15 is 0 Å². The SMILES string of the molecule is CCC(CN)C(=O)NC1CCCCCC1C(=O)O. The number of hydrogen-bond donors (Lipinski definition) is 3. The highest BCUT2D eigenvalue weighted by Crippen LogP contribution is 2.24. The van der Waals surface area contributed by atoms with Gasteiger partial charge in [0.1, 0.15) is 0 Å². The van der Waals surface area contributed by atoms with Gasteiger partial charge in [0.2, 0.25) is 5.91 Å². The van der Waals surface area contributed by atoms with E-state index in [0.717, 1.165) is 25.7 Å². The highest BCUT2D eigenvalue weighted by Gasteiger charge is 2.31. The highest BCUT2D eigenvalue weighted by atomic mass is 16.4. The number of carbonyl (C=O) groups is 2. The van der Waals surface area contributed by atoms with E-state index in [1.807, 2.05) is 6.92 Å². The number of nitrogens with two attached hydrogens (primary N) is 1. The summed E-state index contributed by atoms with van der Waals surface area (Å²) in [5, 5.41) is 12.1. The van der Waals surface area contributed by atoms with Crippen LogP contribution in [0, 0.1) is 11.8 Å². The predicted octanol–water partition coefficient (Wildman–Crippen LogP) is 1.12. The van der Waals surface area contributed by atoms with Gasteiger partial charge in [-0.05, 0) is 19.3 Å². The average molecular weight is 256 g/mol. The van der Waals surface area contributed by atoms with Crippen molar-refractivity contribution in [1.82, 2.24) is 5.32 Å². The lowest BCUT2D eigenvalue weighted by molar-refractivity contribution is -0.143. The minimum absolute atomic E-state index is 0.0989. The number of carboxylic acids is 1. The van der Waals surface area contributed by atoms with Crippen molar-refractivity contribution in [2.45, 2.75) is 51.5 Å². The van der Waals surface area contributed by atoms with Gasteiger partial charge in [-0.2, -0.15) is 0 Å². The smallest absolute Gasteiger partial charge is 0.308 e. The van der Waals surface area contributed by atoms with Crippen LogP contribution in [0.4, 0.5) is 0 Å². The molecular weight excluding hydrogens is 232 g/mol. The third-order valence-corrected chi connectivity index (χ3v) is 3.81. The molecule has 0 radical (unpaired) electrons. The van der Waals surface area contributed by atoms with Gasteiger partial charge < -0.3 is 16.2 Å². The van der Waals surface area contributed by atoms with Gasteiger partial charge >= 0.3 is 5.97 Å². The van der Waals surface area contributed by atoms with Crippen LogP contribution in [0.15, 0.2) is 0 Å². The van der Waals surface area contributed by atoms with Gasteiger partial charge in [0.15, 0.2) is 0 Å². The molecule has 3 unspecified atom stereocenters. The van der Waals surface area contributed by atoms with Crippen LogP contribution in [0.25, 0.3) is 0 Å². The maximum atomic E-state index is 12.0. The van der Waals surface area contributed by atoms with E-state index in [0.29, 0.717) is 19.4 Å². The largest absolute Gasteiger partial charge is 0.481 e. The van der Waals surface area contributed by atoms with Gasteiger partial charge in [0, 0.05) is 18.5 Å². The molecule has 0 aromatic carbocycles. The Morgan fingerprint density at radius 3 is 2.56 bits per heavy atom. The molecule has 5 heteroatoms. The second kappa shape index (κ2) is 7.36. The van der Waals surface area contributed by atoms with E-state index in [-0.39, 0.29) is 17.9 Å². The van der Waals surface area contributed by atoms with Crippen LogP contribution in [0.2, 0.25) is 0 Å². The van der Waals surface area contributed by atoms with E-state index in [4.69, 9.17) is 5.73 Å². The minimum Gasteiger partial charge on any atom is -0.481 e. The molecule has 1 amide bonds. The van der Waals surface area contributed by atoms with Gasteiger partial charge in [-0.3, -0.25) is 9.59 Å². The standard InChI is InChI=1S/C13H24N2O3/c1-2-9(8-14)12(16)15-11-7-5-3-4-6-10(11)13(17)18/h9-11H,2-8,14H2,1H3,(H,15,16)(H,17,18). The summed E-state index contributed by atoms with van der Waals surface area (Å²) in [6, 6.07) is -0.238. The van der Waals surface area contributed by atoms with Crippen LogP contribution in [-0.2, 0) is 9.59 Å². The third kappa shape index (κ3) is 3.98. The fourth-order valence-corrected chi connectivity index (χ4v) is 2.54. The summed E-state index contributed by atoms with van der Waals surface area (Å²) >= 11 is 0. The van der Waals surface area contributed by atoms with Crippen molar-refractivity contribution in [1.29, 1.82) is 0 Å². The van der Waals surface area contributed by atoms with E-state index in [2.05, 4.69) is 5.32 Å². The Bertz CT molecular complexity index is 290. The van der Waals surface area contributed by atoms with Gasteiger partial charge in [-0.25, -0.2) is 0 Å². The molecule has 4 N–H and O–H groups in total. The summed E-state index contributed by atoms with van der Waals surface area (Å²) in [4.78, 5) is 23.2. The van der Waals surface area contributed by atoms with Gasteiger partial charge in [0.25, 0.3) is 0 Å². The van der Waals surface area contributed by atoms with Crippen LogP contribution in [0.5, 0.6) is 0 Å². The maximum Gasteiger partial charge on any atom is 0.308 e. The molecule has 1 rings (SSSR count). The molecule has 1 aliphatic rings. The molecule has 0 bridgehead atoms. The summed E-state index contributed by atoms with van der Waals surface area (Å²) in [5.41, 5.74) is 5.54. The van der Waals surface area contributed by atoms with Crippen LogP contribution in [0.1, 0.15) is 45.4 Å². The summed E-state index contributed by atoms with van der Waals surface area (Å²) in [6.45, 7) is 2.23. The fourth-order valence-electron chi connectivity index (χ4n) is 2.54. The summed E-state index contributed by atoms with van der Waals surface area (Å²) < 4.78 is 0. The van der Waals surface area contributed by atoms with Crippen molar-refractivity contribution in [2.24, 2.45) is 17.6 Å². The second-order valence-corrected chi connectivity index (χ2v) is 5.04. The number of aliphatic carboxylic acids is 1. The Kier molecular flexibility index (Phi) is 6.12. The summed E-state index contributed by atoms with van der Waals surface area (Å²) in [6.07, 6.45) is 5.05. The Balaban J connectivity index is 2.65. The van der Waals surface area contributed by atoms with Crippen molar-refractivity contribution in [3.05, 3.63) is 0 Å². The van der Waals surface area contributed by atoms with E-state index in [1.54, 1.807) is 0 Å². The molecule has 5 nitrogen and oxygen atoms in total. The number of nitrogens with one attached hydrogen (secondary N) is 1. The van der Waals surface area contributed by atoms with Crippen LogP contribution >= 0.6 is 0 Å². The molecule has 0 aromatic heterocycles. The van der Waals surface area contributed by atoms with Crippen LogP contribution < -0.4 is 11.1 Å². The quantitative estimate of drug-likeness (QED) is 0.643. The number of amides is 1. The first kappa shape index (κ1) is 15.0. The maximum absolute atomic E-state index is 12.0.